The predicted octanol–water partition coefficient (Wildman–Crippen LogP) is 4.02. The van der Waals surface area contributed by atoms with E-state index in [-0.39, 0.29) is 12.1 Å². The molecule has 2 aliphatic rings. The second kappa shape index (κ2) is 7.78. The largest absolute Gasteiger partial charge is 0.358 e. The minimum Gasteiger partial charge on any atom is -0.358 e. The van der Waals surface area contributed by atoms with Crippen molar-refractivity contribution in [3.63, 3.8) is 0 Å². The van der Waals surface area contributed by atoms with Crippen LogP contribution < -0.4 is 5.32 Å². The number of aryl methyl sites for hydroxylation is 1. The van der Waals surface area contributed by atoms with E-state index in [9.17, 15) is 4.79 Å². The molecule has 2 heterocycles. The van der Waals surface area contributed by atoms with Crippen LogP contribution in [0.15, 0.2) is 18.2 Å². The average molecular weight is 383 g/mol. The van der Waals surface area contributed by atoms with Gasteiger partial charge in [-0.25, -0.2) is 4.79 Å². The lowest BCUT2D eigenvalue weighted by molar-refractivity contribution is 0.0979. The Labute approximate surface area is 168 Å². The first kappa shape index (κ1) is 19.3. The van der Waals surface area contributed by atoms with Crippen LogP contribution in [0.25, 0.3) is 10.9 Å². The van der Waals surface area contributed by atoms with Crippen molar-refractivity contribution in [2.75, 3.05) is 26.2 Å². The number of carbonyl (C=O) groups is 1. The van der Waals surface area contributed by atoms with Crippen LogP contribution in [0.3, 0.4) is 0 Å². The Kier molecular flexibility index (Phi) is 5.37. The summed E-state index contributed by atoms with van der Waals surface area (Å²) in [5, 5.41) is 4.78. The first-order valence-corrected chi connectivity index (χ1v) is 11.0. The Morgan fingerprint density at radius 1 is 1.29 bits per heavy atom. The lowest BCUT2D eigenvalue weighted by Gasteiger charge is -2.47. The second-order valence-corrected chi connectivity index (χ2v) is 8.43. The van der Waals surface area contributed by atoms with Crippen molar-refractivity contribution in [1.29, 1.82) is 0 Å². The second-order valence-electron chi connectivity index (χ2n) is 8.43. The fourth-order valence-corrected chi connectivity index (χ4v) is 5.49. The molecule has 28 heavy (non-hydrogen) atoms. The zero-order valence-electron chi connectivity index (χ0n) is 17.7. The number of hydrogen-bond donors (Lipinski definition) is 2. The van der Waals surface area contributed by atoms with Crippen LogP contribution in [0.2, 0.25) is 0 Å². The molecule has 1 saturated heterocycles. The van der Waals surface area contributed by atoms with Crippen molar-refractivity contribution in [3.05, 3.63) is 35.0 Å². The van der Waals surface area contributed by atoms with Gasteiger partial charge in [0.15, 0.2) is 0 Å². The molecule has 1 aliphatic carbocycles. The van der Waals surface area contributed by atoms with Gasteiger partial charge < -0.3 is 15.2 Å². The number of aromatic nitrogens is 1. The van der Waals surface area contributed by atoms with Crippen LogP contribution in [0, 0.1) is 6.92 Å². The summed E-state index contributed by atoms with van der Waals surface area (Å²) in [6.07, 6.45) is 3.29. The molecule has 4 rings (SSSR count). The number of carbonyl (C=O) groups excluding carboxylic acids is 1. The van der Waals surface area contributed by atoms with Gasteiger partial charge >= 0.3 is 6.03 Å². The first-order chi connectivity index (χ1) is 13.6. The summed E-state index contributed by atoms with van der Waals surface area (Å²) in [4.78, 5) is 20.8. The number of nitrogens with zero attached hydrogens (tertiary/aromatic N) is 2. The van der Waals surface area contributed by atoms with Gasteiger partial charge in [-0.1, -0.05) is 19.1 Å². The molecular formula is C23H34N4O. The molecule has 2 aromatic rings. The zero-order valence-corrected chi connectivity index (χ0v) is 17.7. The van der Waals surface area contributed by atoms with Crippen molar-refractivity contribution in [2.45, 2.75) is 65.0 Å². The Morgan fingerprint density at radius 3 is 2.79 bits per heavy atom. The molecule has 5 nitrogen and oxygen atoms in total. The Hall–Kier alpha value is -2.01. The summed E-state index contributed by atoms with van der Waals surface area (Å²) in [6.45, 7) is 12.1. The summed E-state index contributed by atoms with van der Waals surface area (Å²) in [6, 6.07) is 7.52. The van der Waals surface area contributed by atoms with Crippen LogP contribution in [0.1, 0.15) is 56.4 Å². The van der Waals surface area contributed by atoms with Crippen molar-refractivity contribution in [3.8, 4) is 0 Å². The van der Waals surface area contributed by atoms with Gasteiger partial charge in [0.2, 0.25) is 0 Å². The maximum Gasteiger partial charge on any atom is 0.317 e. The molecule has 0 bridgehead atoms. The number of urea groups is 1. The summed E-state index contributed by atoms with van der Waals surface area (Å²) in [5.41, 5.74) is 5.55. The molecule has 1 aliphatic heterocycles. The minimum atomic E-state index is 0.0806. The predicted molar refractivity (Wildman–Crippen MR) is 115 cm³/mol. The maximum atomic E-state index is 12.7. The Morgan fingerprint density at radius 2 is 2.07 bits per heavy atom. The number of fused-ring (bicyclic) bond motifs is 2. The van der Waals surface area contributed by atoms with E-state index in [0.29, 0.717) is 12.0 Å². The number of piperidine rings is 1. The summed E-state index contributed by atoms with van der Waals surface area (Å²) >= 11 is 0. The van der Waals surface area contributed by atoms with Crippen molar-refractivity contribution in [1.82, 2.24) is 20.1 Å². The van der Waals surface area contributed by atoms with Crippen LogP contribution in [-0.2, 0) is 6.42 Å². The van der Waals surface area contributed by atoms with Gasteiger partial charge in [0.25, 0.3) is 0 Å². The van der Waals surface area contributed by atoms with Crippen LogP contribution in [0.4, 0.5) is 4.79 Å². The number of nitrogens with one attached hydrogen (secondary N) is 2. The quantitative estimate of drug-likeness (QED) is 0.821. The molecule has 2 amide bonds. The number of hydrogen-bond acceptors (Lipinski definition) is 2. The molecular weight excluding hydrogens is 348 g/mol. The number of amides is 2. The number of aromatic amines is 1. The van der Waals surface area contributed by atoms with Crippen LogP contribution in [0.5, 0.6) is 0 Å². The summed E-state index contributed by atoms with van der Waals surface area (Å²) < 4.78 is 0. The Bertz CT molecular complexity index is 854. The lowest BCUT2D eigenvalue weighted by atomic mass is 9.73. The molecule has 2 unspecified atom stereocenters. The van der Waals surface area contributed by atoms with Gasteiger partial charge in [-0.2, -0.15) is 0 Å². The minimum absolute atomic E-state index is 0.0806. The number of benzene rings is 1. The van der Waals surface area contributed by atoms with E-state index in [0.717, 1.165) is 45.4 Å². The normalized spacial score (nSPS) is 24.2. The van der Waals surface area contributed by atoms with E-state index in [4.69, 9.17) is 0 Å². The number of H-pyrrole nitrogens is 1. The third kappa shape index (κ3) is 3.20. The smallest absolute Gasteiger partial charge is 0.317 e. The van der Waals surface area contributed by atoms with Crippen molar-refractivity contribution in [2.24, 2.45) is 0 Å². The van der Waals surface area contributed by atoms with E-state index in [2.05, 4.69) is 47.2 Å². The molecule has 0 saturated carbocycles. The number of rotatable bonds is 5. The van der Waals surface area contributed by atoms with Crippen molar-refractivity contribution < 1.29 is 4.79 Å². The highest BCUT2D eigenvalue weighted by atomic mass is 16.2. The highest BCUT2D eigenvalue weighted by Crippen LogP contribution is 2.44. The lowest BCUT2D eigenvalue weighted by Crippen LogP contribution is -2.57. The van der Waals surface area contributed by atoms with E-state index >= 15 is 0 Å². The molecule has 0 radical (unpaired) electrons. The Balaban J connectivity index is 1.66. The molecule has 2 N–H and O–H groups in total. The topological polar surface area (TPSA) is 51.4 Å². The molecule has 1 aromatic carbocycles. The first-order valence-electron chi connectivity index (χ1n) is 11.0. The fraction of sp³-hybridized carbons (Fsp3) is 0.609. The molecule has 1 fully saturated rings. The van der Waals surface area contributed by atoms with Gasteiger partial charge in [-0.05, 0) is 63.8 Å². The SMILES string of the molecule is CCCN1CC(NC(=O)N(CC)CC)CC2c3cccc4[nH]c(C)c(c34)C[C@H]21. The molecule has 152 valence electrons. The van der Waals surface area contributed by atoms with E-state index in [1.165, 1.54) is 27.7 Å². The van der Waals surface area contributed by atoms with Gasteiger partial charge in [0.05, 0.1) is 0 Å². The van der Waals surface area contributed by atoms with Gasteiger partial charge in [0, 0.05) is 54.2 Å². The monoisotopic (exact) mass is 382 g/mol. The van der Waals surface area contributed by atoms with E-state index in [1.54, 1.807) is 0 Å². The highest BCUT2D eigenvalue weighted by molar-refractivity contribution is 5.89. The average Bonchev–Trinajstić information content (AvgIpc) is 3.00. The molecule has 1 aromatic heterocycles. The van der Waals surface area contributed by atoms with Crippen molar-refractivity contribution >= 4 is 16.9 Å². The number of likely N-dealkylation sites (tertiary alicyclic amines) is 1. The highest BCUT2D eigenvalue weighted by Gasteiger charge is 2.41. The van der Waals surface area contributed by atoms with Crippen LogP contribution in [-0.4, -0.2) is 59.1 Å². The summed E-state index contributed by atoms with van der Waals surface area (Å²) in [5.74, 6) is 0.480. The van der Waals surface area contributed by atoms with Crippen LogP contribution >= 0.6 is 0 Å². The maximum absolute atomic E-state index is 12.7. The van der Waals surface area contributed by atoms with Gasteiger partial charge in [-0.15, -0.1) is 0 Å². The third-order valence-corrected chi connectivity index (χ3v) is 6.80. The van der Waals surface area contributed by atoms with E-state index < -0.39 is 0 Å². The summed E-state index contributed by atoms with van der Waals surface area (Å²) in [7, 11) is 0. The van der Waals surface area contributed by atoms with Gasteiger partial charge in [-0.3, -0.25) is 4.90 Å². The van der Waals surface area contributed by atoms with E-state index in [1.807, 2.05) is 18.7 Å². The van der Waals surface area contributed by atoms with Gasteiger partial charge in [0.1, 0.15) is 0 Å². The fourth-order valence-electron chi connectivity index (χ4n) is 5.49. The molecule has 0 spiro atoms. The standard InChI is InChI=1S/C23H34N4O/c1-5-11-27-14-16(25-23(28)26(6-2)7-3)12-19-17-9-8-10-20-22(17)18(13-21(19)27)15(4)24-20/h8-10,16,19,21,24H,5-7,11-14H2,1-4H3,(H,25,28)/t16?,19?,21-/m1/s1. The zero-order chi connectivity index (χ0) is 19.8. The third-order valence-electron chi connectivity index (χ3n) is 6.80. The molecule has 5 heteroatoms. The molecule has 3 atom stereocenters.